The number of methoxy groups -OCH3 is 1. The van der Waals surface area contributed by atoms with Gasteiger partial charge in [-0.2, -0.15) is 13.9 Å². The minimum atomic E-state index is -2.93. The first kappa shape index (κ1) is 19.3. The van der Waals surface area contributed by atoms with Gasteiger partial charge in [0, 0.05) is 4.88 Å². The van der Waals surface area contributed by atoms with Gasteiger partial charge in [-0.3, -0.25) is 4.79 Å². The maximum atomic E-state index is 12.3. The topological polar surface area (TPSA) is 59.9 Å². The summed E-state index contributed by atoms with van der Waals surface area (Å²) in [5.41, 5.74) is 4.33. The Balaban J connectivity index is 1.64. The Morgan fingerprint density at radius 2 is 2.19 bits per heavy atom. The lowest BCUT2D eigenvalue weighted by Gasteiger charge is -2.16. The van der Waals surface area contributed by atoms with Crippen LogP contribution in [0, 0.1) is 5.92 Å². The van der Waals surface area contributed by atoms with Crippen molar-refractivity contribution >= 4 is 23.5 Å². The van der Waals surface area contributed by atoms with Crippen molar-refractivity contribution in [1.82, 2.24) is 5.43 Å². The fourth-order valence-electron chi connectivity index (χ4n) is 3.00. The number of hydrogen-bond donors (Lipinski definition) is 1. The number of aryl methyl sites for hydroxylation is 1. The molecule has 0 radical (unpaired) electrons. The molecule has 1 aliphatic rings. The first-order chi connectivity index (χ1) is 13.0. The molecule has 0 fully saturated rings. The van der Waals surface area contributed by atoms with Crippen LogP contribution in [0.4, 0.5) is 8.78 Å². The number of hydrogen-bond acceptors (Lipinski definition) is 5. The third-order valence-corrected chi connectivity index (χ3v) is 5.57. The normalized spacial score (nSPS) is 16.4. The Morgan fingerprint density at radius 1 is 1.37 bits per heavy atom. The van der Waals surface area contributed by atoms with Crippen LogP contribution in [0.5, 0.6) is 11.5 Å². The predicted octanol–water partition coefficient (Wildman–Crippen LogP) is 4.25. The highest BCUT2D eigenvalue weighted by Crippen LogP contribution is 2.32. The van der Waals surface area contributed by atoms with E-state index in [1.165, 1.54) is 47.2 Å². The van der Waals surface area contributed by atoms with Gasteiger partial charge in [0.2, 0.25) is 0 Å². The number of amides is 1. The summed E-state index contributed by atoms with van der Waals surface area (Å²) in [6.45, 7) is -0.714. The molecular weight excluding hydrogens is 374 g/mol. The number of halogens is 2. The van der Waals surface area contributed by atoms with E-state index >= 15 is 0 Å². The van der Waals surface area contributed by atoms with Crippen molar-refractivity contribution in [2.75, 3.05) is 7.11 Å². The Bertz CT molecular complexity index is 851. The van der Waals surface area contributed by atoms with E-state index in [0.717, 1.165) is 19.3 Å². The smallest absolute Gasteiger partial charge is 0.387 e. The molecular formula is C19H20F2N2O3S. The number of fused-ring (bicyclic) bond motifs is 1. The number of rotatable bonds is 6. The lowest BCUT2D eigenvalue weighted by molar-refractivity contribution is -0.0512. The van der Waals surface area contributed by atoms with Crippen LogP contribution in [0.1, 0.15) is 39.0 Å². The molecule has 1 N–H and O–H groups in total. The van der Waals surface area contributed by atoms with Crippen LogP contribution in [0.25, 0.3) is 0 Å². The summed E-state index contributed by atoms with van der Waals surface area (Å²) in [5, 5.41) is 3.94. The largest absolute Gasteiger partial charge is 0.493 e. The van der Waals surface area contributed by atoms with E-state index in [1.807, 2.05) is 6.07 Å². The third kappa shape index (κ3) is 4.82. The zero-order chi connectivity index (χ0) is 19.4. The Morgan fingerprint density at radius 3 is 2.93 bits per heavy atom. The Labute approximate surface area is 160 Å². The van der Waals surface area contributed by atoms with E-state index < -0.39 is 6.61 Å². The zero-order valence-corrected chi connectivity index (χ0v) is 15.8. The van der Waals surface area contributed by atoms with E-state index in [-0.39, 0.29) is 17.4 Å². The molecule has 0 bridgehead atoms. The molecule has 0 spiro atoms. The van der Waals surface area contributed by atoms with Gasteiger partial charge in [0.05, 0.1) is 18.2 Å². The molecule has 0 aliphatic heterocycles. The van der Waals surface area contributed by atoms with Crippen molar-refractivity contribution in [2.24, 2.45) is 11.0 Å². The van der Waals surface area contributed by atoms with E-state index in [2.05, 4.69) is 22.2 Å². The maximum Gasteiger partial charge on any atom is 0.387 e. The fourth-order valence-corrected chi connectivity index (χ4v) is 4.09. The van der Waals surface area contributed by atoms with Gasteiger partial charge in [-0.15, -0.1) is 11.3 Å². The van der Waals surface area contributed by atoms with Gasteiger partial charge in [0.15, 0.2) is 11.5 Å². The fraction of sp³-hybridized carbons (Fsp3) is 0.368. The van der Waals surface area contributed by atoms with Gasteiger partial charge < -0.3 is 9.47 Å². The van der Waals surface area contributed by atoms with Gasteiger partial charge in [-0.1, -0.05) is 6.92 Å². The molecule has 0 saturated heterocycles. The van der Waals surface area contributed by atoms with E-state index in [4.69, 9.17) is 4.74 Å². The number of thiophene rings is 1. The van der Waals surface area contributed by atoms with Crippen molar-refractivity contribution in [3.05, 3.63) is 45.1 Å². The average Bonchev–Trinajstić information content (AvgIpc) is 3.05. The summed E-state index contributed by atoms with van der Waals surface area (Å²) < 4.78 is 34.1. The summed E-state index contributed by atoms with van der Waals surface area (Å²) in [7, 11) is 1.36. The first-order valence-corrected chi connectivity index (χ1v) is 9.35. The SMILES string of the molecule is COc1cc(/C=N\NC(=O)c2cc3c(s2)CC[C@H](C)C3)ccc1OC(F)F. The standard InChI is InChI=1S/C19H20F2N2O3S/c1-11-3-6-16-13(7-11)9-17(27-16)18(24)23-22-10-12-4-5-14(26-19(20)21)15(8-12)25-2/h4-5,8-11,19H,3,6-7H2,1-2H3,(H,23,24)/b22-10-/t11-/m0/s1. The summed E-state index contributed by atoms with van der Waals surface area (Å²) in [4.78, 5) is 14.2. The minimum Gasteiger partial charge on any atom is -0.493 e. The molecule has 0 saturated carbocycles. The molecule has 1 heterocycles. The number of alkyl halides is 2. The molecule has 1 aromatic carbocycles. The van der Waals surface area contributed by atoms with Crippen LogP contribution >= 0.6 is 11.3 Å². The van der Waals surface area contributed by atoms with E-state index in [9.17, 15) is 13.6 Å². The maximum absolute atomic E-state index is 12.3. The first-order valence-electron chi connectivity index (χ1n) is 8.54. The van der Waals surface area contributed by atoms with Crippen LogP contribution in [-0.4, -0.2) is 25.8 Å². The highest BCUT2D eigenvalue weighted by molar-refractivity contribution is 7.14. The average molecular weight is 394 g/mol. The Kier molecular flexibility index (Phi) is 6.05. The number of nitrogens with one attached hydrogen (secondary N) is 1. The highest BCUT2D eigenvalue weighted by atomic mass is 32.1. The predicted molar refractivity (Wildman–Crippen MR) is 100 cm³/mol. The monoisotopic (exact) mass is 394 g/mol. The van der Waals surface area contributed by atoms with Crippen molar-refractivity contribution in [3.8, 4) is 11.5 Å². The second-order valence-electron chi connectivity index (χ2n) is 6.39. The number of carbonyl (C=O) groups excluding carboxylic acids is 1. The lowest BCUT2D eigenvalue weighted by atomic mass is 9.90. The van der Waals surface area contributed by atoms with Crippen LogP contribution in [0.2, 0.25) is 0 Å². The molecule has 27 heavy (non-hydrogen) atoms. The van der Waals surface area contributed by atoms with Gasteiger partial charge in [-0.25, -0.2) is 5.43 Å². The summed E-state index contributed by atoms with van der Waals surface area (Å²) in [5.74, 6) is 0.480. The number of ether oxygens (including phenoxy) is 2. The molecule has 8 heteroatoms. The number of hydrazone groups is 1. The van der Waals surface area contributed by atoms with E-state index in [1.54, 1.807) is 6.07 Å². The number of carbonyl (C=O) groups is 1. The summed E-state index contributed by atoms with van der Waals surface area (Å²) in [6.07, 6.45) is 4.60. The second kappa shape index (κ2) is 8.47. The zero-order valence-electron chi connectivity index (χ0n) is 15.0. The molecule has 1 aromatic heterocycles. The van der Waals surface area contributed by atoms with Crippen molar-refractivity contribution in [3.63, 3.8) is 0 Å². The van der Waals surface area contributed by atoms with Crippen LogP contribution in [0.15, 0.2) is 29.4 Å². The molecule has 144 valence electrons. The molecule has 3 rings (SSSR count). The molecule has 1 aliphatic carbocycles. The third-order valence-electron chi connectivity index (χ3n) is 4.34. The molecule has 1 atom stereocenters. The summed E-state index contributed by atoms with van der Waals surface area (Å²) in [6, 6.07) is 6.35. The molecule has 0 unspecified atom stereocenters. The van der Waals surface area contributed by atoms with Gasteiger partial charge in [0.25, 0.3) is 5.91 Å². The number of nitrogens with zero attached hydrogens (tertiary/aromatic N) is 1. The van der Waals surface area contributed by atoms with Crippen molar-refractivity contribution in [2.45, 2.75) is 32.8 Å². The van der Waals surface area contributed by atoms with Gasteiger partial charge in [-0.05, 0) is 60.6 Å². The molecule has 1 amide bonds. The van der Waals surface area contributed by atoms with E-state index in [0.29, 0.717) is 16.4 Å². The quantitative estimate of drug-likeness (QED) is 0.589. The second-order valence-corrected chi connectivity index (χ2v) is 7.53. The molecule has 5 nitrogen and oxygen atoms in total. The Hall–Kier alpha value is -2.48. The lowest BCUT2D eigenvalue weighted by Crippen LogP contribution is -2.16. The van der Waals surface area contributed by atoms with Crippen molar-refractivity contribution < 1.29 is 23.0 Å². The van der Waals surface area contributed by atoms with Crippen LogP contribution in [-0.2, 0) is 12.8 Å². The van der Waals surface area contributed by atoms with Gasteiger partial charge >= 0.3 is 6.61 Å². The van der Waals surface area contributed by atoms with Crippen molar-refractivity contribution in [1.29, 1.82) is 0 Å². The number of benzene rings is 1. The summed E-state index contributed by atoms with van der Waals surface area (Å²) >= 11 is 1.51. The minimum absolute atomic E-state index is 0.0629. The van der Waals surface area contributed by atoms with Crippen LogP contribution in [0.3, 0.4) is 0 Å². The highest BCUT2D eigenvalue weighted by Gasteiger charge is 2.20. The van der Waals surface area contributed by atoms with Gasteiger partial charge in [0.1, 0.15) is 0 Å². The van der Waals surface area contributed by atoms with Crippen LogP contribution < -0.4 is 14.9 Å². The molecule has 2 aromatic rings.